The van der Waals surface area contributed by atoms with Gasteiger partial charge in [-0.05, 0) is 25.0 Å². The maximum atomic E-state index is 11.2. The van der Waals surface area contributed by atoms with E-state index in [0.717, 1.165) is 0 Å². The first-order valence-electron chi connectivity index (χ1n) is 4.27. The van der Waals surface area contributed by atoms with Gasteiger partial charge < -0.3 is 5.73 Å². The molecule has 1 aromatic carbocycles. The van der Waals surface area contributed by atoms with Crippen LogP contribution in [0, 0.1) is 0 Å². The van der Waals surface area contributed by atoms with E-state index in [0.29, 0.717) is 12.0 Å². The molecule has 0 amide bonds. The van der Waals surface area contributed by atoms with Crippen molar-refractivity contribution in [2.24, 2.45) is 10.9 Å². The molecule has 0 saturated heterocycles. The van der Waals surface area contributed by atoms with E-state index in [1.165, 1.54) is 6.07 Å². The Kier molecular flexibility index (Phi) is 3.25. The van der Waals surface area contributed by atoms with Gasteiger partial charge in [0.25, 0.3) is 0 Å². The summed E-state index contributed by atoms with van der Waals surface area (Å²) in [6, 6.07) is 6.55. The Morgan fingerprint density at radius 1 is 1.36 bits per heavy atom. The van der Waals surface area contributed by atoms with Crippen molar-refractivity contribution in [3.63, 3.8) is 0 Å². The predicted octanol–water partition coefficient (Wildman–Crippen LogP) is 0.224. The fourth-order valence-electron chi connectivity index (χ4n) is 1.30. The fourth-order valence-corrected chi connectivity index (χ4v) is 2.08. The van der Waals surface area contributed by atoms with Crippen molar-refractivity contribution in [1.82, 2.24) is 0 Å². The molecule has 0 radical (unpaired) electrons. The summed E-state index contributed by atoms with van der Waals surface area (Å²) in [6.45, 7) is 1.82. The lowest BCUT2D eigenvalue weighted by Gasteiger charge is -2.09. The summed E-state index contributed by atoms with van der Waals surface area (Å²) in [5.41, 5.74) is 6.27. The molecule has 0 aliphatic heterocycles. The zero-order valence-electron chi connectivity index (χ0n) is 7.97. The van der Waals surface area contributed by atoms with E-state index >= 15 is 0 Å². The molecule has 78 valence electrons. The topological polar surface area (TPSA) is 86.2 Å². The Labute approximate surface area is 84.0 Å². The Bertz CT molecular complexity index is 413. The van der Waals surface area contributed by atoms with Gasteiger partial charge in [-0.25, -0.2) is 13.6 Å². The highest BCUT2D eigenvalue weighted by atomic mass is 32.2. The standard InChI is InChI=1S/C9H14N2O2S/c1-7(10)6-8-4-2-3-5-9(8)14(11,12)13/h2-5,7H,6,10H2,1H3,(H2,11,12,13)/t7-/m0/s1. The minimum absolute atomic E-state index is 0.0853. The average Bonchev–Trinajstić information content (AvgIpc) is 2.01. The highest BCUT2D eigenvalue weighted by molar-refractivity contribution is 7.89. The van der Waals surface area contributed by atoms with Gasteiger partial charge in [0.05, 0.1) is 4.90 Å². The van der Waals surface area contributed by atoms with Gasteiger partial charge in [-0.3, -0.25) is 0 Å². The van der Waals surface area contributed by atoms with Gasteiger partial charge in [0.15, 0.2) is 0 Å². The van der Waals surface area contributed by atoms with Crippen LogP contribution in [0.4, 0.5) is 0 Å². The molecule has 14 heavy (non-hydrogen) atoms. The monoisotopic (exact) mass is 214 g/mol. The third-order valence-electron chi connectivity index (χ3n) is 1.82. The number of nitrogens with two attached hydrogens (primary N) is 2. The first-order valence-corrected chi connectivity index (χ1v) is 5.82. The number of hydrogen-bond donors (Lipinski definition) is 2. The molecular formula is C9H14N2O2S. The van der Waals surface area contributed by atoms with Gasteiger partial charge in [0.1, 0.15) is 0 Å². The van der Waals surface area contributed by atoms with Gasteiger partial charge >= 0.3 is 0 Å². The van der Waals surface area contributed by atoms with Crippen LogP contribution in [0.1, 0.15) is 12.5 Å². The molecule has 4 N–H and O–H groups in total. The Morgan fingerprint density at radius 2 is 1.93 bits per heavy atom. The van der Waals surface area contributed by atoms with Crippen molar-refractivity contribution < 1.29 is 8.42 Å². The van der Waals surface area contributed by atoms with E-state index in [2.05, 4.69) is 0 Å². The summed E-state index contributed by atoms with van der Waals surface area (Å²) in [4.78, 5) is 0.164. The van der Waals surface area contributed by atoms with Crippen LogP contribution in [0.2, 0.25) is 0 Å². The molecule has 4 nitrogen and oxygen atoms in total. The molecule has 0 bridgehead atoms. The molecule has 1 rings (SSSR count). The third-order valence-corrected chi connectivity index (χ3v) is 2.83. The SMILES string of the molecule is C[C@H](N)Cc1ccccc1S(N)(=O)=O. The molecular weight excluding hydrogens is 200 g/mol. The van der Waals surface area contributed by atoms with Crippen LogP contribution in [-0.2, 0) is 16.4 Å². The van der Waals surface area contributed by atoms with E-state index in [-0.39, 0.29) is 10.9 Å². The minimum atomic E-state index is -3.63. The van der Waals surface area contributed by atoms with E-state index in [4.69, 9.17) is 10.9 Å². The molecule has 0 aliphatic carbocycles. The highest BCUT2D eigenvalue weighted by Crippen LogP contribution is 2.14. The van der Waals surface area contributed by atoms with Crippen LogP contribution in [0.5, 0.6) is 0 Å². The molecule has 1 aromatic rings. The minimum Gasteiger partial charge on any atom is -0.328 e. The predicted molar refractivity (Wildman–Crippen MR) is 55.2 cm³/mol. The second-order valence-corrected chi connectivity index (χ2v) is 4.86. The first-order chi connectivity index (χ1) is 6.41. The molecule has 0 spiro atoms. The molecule has 0 fully saturated rings. The maximum Gasteiger partial charge on any atom is 0.238 e. The average molecular weight is 214 g/mol. The second kappa shape index (κ2) is 4.08. The lowest BCUT2D eigenvalue weighted by molar-refractivity contribution is 0.595. The number of primary sulfonamides is 1. The van der Waals surface area contributed by atoms with Crippen molar-refractivity contribution in [2.75, 3.05) is 0 Å². The number of rotatable bonds is 3. The zero-order chi connectivity index (χ0) is 10.8. The molecule has 0 saturated carbocycles. The number of benzene rings is 1. The normalized spacial score (nSPS) is 13.9. The Hall–Kier alpha value is -0.910. The third kappa shape index (κ3) is 2.80. The molecule has 0 aliphatic rings. The quantitative estimate of drug-likeness (QED) is 0.754. The zero-order valence-corrected chi connectivity index (χ0v) is 8.79. The second-order valence-electron chi connectivity index (χ2n) is 3.33. The molecule has 0 unspecified atom stereocenters. The van der Waals surface area contributed by atoms with E-state index < -0.39 is 10.0 Å². The van der Waals surface area contributed by atoms with E-state index in [1.807, 2.05) is 6.92 Å². The van der Waals surface area contributed by atoms with Crippen LogP contribution in [0.25, 0.3) is 0 Å². The smallest absolute Gasteiger partial charge is 0.238 e. The van der Waals surface area contributed by atoms with Gasteiger partial charge in [-0.1, -0.05) is 18.2 Å². The van der Waals surface area contributed by atoms with Crippen LogP contribution in [0.3, 0.4) is 0 Å². The summed E-state index contributed by atoms with van der Waals surface area (Å²) in [5.74, 6) is 0. The van der Waals surface area contributed by atoms with Crippen molar-refractivity contribution >= 4 is 10.0 Å². The molecule has 5 heteroatoms. The number of sulfonamides is 1. The number of hydrogen-bond acceptors (Lipinski definition) is 3. The fraction of sp³-hybridized carbons (Fsp3) is 0.333. The molecule has 0 aromatic heterocycles. The van der Waals surface area contributed by atoms with Crippen LogP contribution >= 0.6 is 0 Å². The van der Waals surface area contributed by atoms with Gasteiger partial charge in [0, 0.05) is 6.04 Å². The van der Waals surface area contributed by atoms with Crippen LogP contribution in [-0.4, -0.2) is 14.5 Å². The molecule has 1 atom stereocenters. The molecule has 0 heterocycles. The first kappa shape index (κ1) is 11.2. The van der Waals surface area contributed by atoms with Crippen LogP contribution in [0.15, 0.2) is 29.2 Å². The van der Waals surface area contributed by atoms with Crippen molar-refractivity contribution in [1.29, 1.82) is 0 Å². The van der Waals surface area contributed by atoms with E-state index in [1.54, 1.807) is 18.2 Å². The van der Waals surface area contributed by atoms with Crippen molar-refractivity contribution in [3.8, 4) is 0 Å². The lowest BCUT2D eigenvalue weighted by atomic mass is 10.1. The Morgan fingerprint density at radius 3 is 2.43 bits per heavy atom. The van der Waals surface area contributed by atoms with Crippen molar-refractivity contribution in [2.45, 2.75) is 24.3 Å². The van der Waals surface area contributed by atoms with Gasteiger partial charge in [-0.15, -0.1) is 0 Å². The Balaban J connectivity index is 3.17. The van der Waals surface area contributed by atoms with E-state index in [9.17, 15) is 8.42 Å². The van der Waals surface area contributed by atoms with Crippen LogP contribution < -0.4 is 10.9 Å². The largest absolute Gasteiger partial charge is 0.328 e. The van der Waals surface area contributed by atoms with Gasteiger partial charge in [-0.2, -0.15) is 0 Å². The summed E-state index contributed by atoms with van der Waals surface area (Å²) >= 11 is 0. The lowest BCUT2D eigenvalue weighted by Crippen LogP contribution is -2.21. The maximum absolute atomic E-state index is 11.2. The summed E-state index contributed by atoms with van der Waals surface area (Å²) in [5, 5.41) is 5.06. The van der Waals surface area contributed by atoms with Gasteiger partial charge in [0.2, 0.25) is 10.0 Å². The summed E-state index contributed by atoms with van der Waals surface area (Å²) < 4.78 is 22.3. The summed E-state index contributed by atoms with van der Waals surface area (Å²) in [7, 11) is -3.63. The summed E-state index contributed by atoms with van der Waals surface area (Å²) in [6.07, 6.45) is 0.507. The highest BCUT2D eigenvalue weighted by Gasteiger charge is 2.13. The van der Waals surface area contributed by atoms with Crippen molar-refractivity contribution in [3.05, 3.63) is 29.8 Å².